The molecule has 6 nitrogen and oxygen atoms in total. The summed E-state index contributed by atoms with van der Waals surface area (Å²) in [5.41, 5.74) is 0.578. The van der Waals surface area contributed by atoms with E-state index in [9.17, 15) is 4.79 Å². The van der Waals surface area contributed by atoms with Crippen LogP contribution in [0.1, 0.15) is 17.6 Å². The van der Waals surface area contributed by atoms with Crippen molar-refractivity contribution in [2.24, 2.45) is 0 Å². The first kappa shape index (κ1) is 13.2. The van der Waals surface area contributed by atoms with E-state index >= 15 is 0 Å². The first-order valence-electron chi connectivity index (χ1n) is 6.05. The van der Waals surface area contributed by atoms with Crippen LogP contribution in [-0.4, -0.2) is 24.6 Å². The molecular formula is C12H11N5OS2. The maximum Gasteiger partial charge on any atom is 0.275 e. The van der Waals surface area contributed by atoms with Crippen LogP contribution in [0.3, 0.4) is 0 Å². The van der Waals surface area contributed by atoms with E-state index in [2.05, 4.69) is 20.1 Å². The molecule has 8 heteroatoms. The molecule has 0 saturated carbocycles. The third kappa shape index (κ3) is 2.70. The van der Waals surface area contributed by atoms with Crippen LogP contribution in [0.5, 0.6) is 0 Å². The molecule has 0 aliphatic carbocycles. The fraction of sp³-hybridized carbons (Fsp3) is 0.250. The molecule has 0 spiro atoms. The van der Waals surface area contributed by atoms with Crippen molar-refractivity contribution in [1.29, 1.82) is 0 Å². The molecule has 3 aromatic heterocycles. The van der Waals surface area contributed by atoms with Gasteiger partial charge >= 0.3 is 0 Å². The van der Waals surface area contributed by atoms with E-state index < -0.39 is 0 Å². The van der Waals surface area contributed by atoms with Gasteiger partial charge in [-0.15, -0.1) is 0 Å². The lowest BCUT2D eigenvalue weighted by atomic mass is 10.4. The second-order valence-electron chi connectivity index (χ2n) is 3.95. The third-order valence-corrected chi connectivity index (χ3v) is 4.50. The molecule has 0 radical (unpaired) electrons. The van der Waals surface area contributed by atoms with E-state index in [-0.39, 0.29) is 5.56 Å². The van der Waals surface area contributed by atoms with Gasteiger partial charge in [-0.1, -0.05) is 30.0 Å². The standard InChI is InChI=1S/C12H11N5OS2/c1-2-9-16-17-10(18)6-8(15-12(17)20-9)7-19-11-13-4-3-5-14-11/h3-6H,2,7H2,1H3. The monoisotopic (exact) mass is 305 g/mol. The maximum atomic E-state index is 12.0. The smallest absolute Gasteiger partial charge is 0.267 e. The Hall–Kier alpha value is -1.80. The van der Waals surface area contributed by atoms with Crippen molar-refractivity contribution in [2.75, 3.05) is 0 Å². The minimum Gasteiger partial charge on any atom is -0.267 e. The third-order valence-electron chi connectivity index (χ3n) is 2.53. The SMILES string of the molecule is CCc1nn2c(=O)cc(CSc3ncccn3)nc2s1. The highest BCUT2D eigenvalue weighted by Gasteiger charge is 2.08. The topological polar surface area (TPSA) is 73.0 Å². The Labute approximate surface area is 122 Å². The van der Waals surface area contributed by atoms with Crippen molar-refractivity contribution in [2.45, 2.75) is 24.3 Å². The summed E-state index contributed by atoms with van der Waals surface area (Å²) in [5, 5.41) is 5.80. The summed E-state index contributed by atoms with van der Waals surface area (Å²) in [4.78, 5) is 25.3. The minimum atomic E-state index is -0.143. The maximum absolute atomic E-state index is 12.0. The minimum absolute atomic E-state index is 0.143. The van der Waals surface area contributed by atoms with Gasteiger partial charge in [-0.05, 0) is 12.5 Å². The van der Waals surface area contributed by atoms with Crippen molar-refractivity contribution in [3.05, 3.63) is 45.6 Å². The number of fused-ring (bicyclic) bond motifs is 1. The number of aryl methyl sites for hydroxylation is 1. The molecule has 3 rings (SSSR count). The Bertz CT molecular complexity index is 783. The summed E-state index contributed by atoms with van der Waals surface area (Å²) in [6, 6.07) is 3.28. The number of hydrogen-bond donors (Lipinski definition) is 0. The summed E-state index contributed by atoms with van der Waals surface area (Å²) < 4.78 is 1.36. The Kier molecular flexibility index (Phi) is 3.75. The van der Waals surface area contributed by atoms with Crippen molar-refractivity contribution >= 4 is 28.1 Å². The molecule has 0 N–H and O–H groups in total. The van der Waals surface area contributed by atoms with Gasteiger partial charge in [-0.25, -0.2) is 15.0 Å². The summed E-state index contributed by atoms with van der Waals surface area (Å²) in [7, 11) is 0. The van der Waals surface area contributed by atoms with Gasteiger partial charge in [0.15, 0.2) is 5.16 Å². The molecule has 0 atom stereocenters. The quantitative estimate of drug-likeness (QED) is 0.540. The van der Waals surface area contributed by atoms with Crippen molar-refractivity contribution in [3.8, 4) is 0 Å². The molecule has 20 heavy (non-hydrogen) atoms. The van der Waals surface area contributed by atoms with Crippen LogP contribution in [0.2, 0.25) is 0 Å². The van der Waals surface area contributed by atoms with E-state index in [1.165, 1.54) is 33.7 Å². The Balaban J connectivity index is 1.87. The summed E-state index contributed by atoms with van der Waals surface area (Å²) in [6.07, 6.45) is 4.19. The molecule has 3 heterocycles. The molecular weight excluding hydrogens is 294 g/mol. The first-order valence-corrected chi connectivity index (χ1v) is 7.85. The molecule has 0 fully saturated rings. The van der Waals surface area contributed by atoms with E-state index in [0.29, 0.717) is 15.9 Å². The van der Waals surface area contributed by atoms with Crippen LogP contribution < -0.4 is 5.56 Å². The van der Waals surface area contributed by atoms with Gasteiger partial charge < -0.3 is 0 Å². The van der Waals surface area contributed by atoms with Gasteiger partial charge in [0.25, 0.3) is 5.56 Å². The lowest BCUT2D eigenvalue weighted by Gasteiger charge is -1.99. The molecule has 0 unspecified atom stereocenters. The predicted molar refractivity (Wildman–Crippen MR) is 78.1 cm³/mol. The van der Waals surface area contributed by atoms with E-state index in [4.69, 9.17) is 0 Å². The predicted octanol–water partition coefficient (Wildman–Crippen LogP) is 1.80. The number of aromatic nitrogens is 5. The van der Waals surface area contributed by atoms with Crippen LogP contribution in [0.15, 0.2) is 34.5 Å². The lowest BCUT2D eigenvalue weighted by Crippen LogP contribution is -2.15. The zero-order valence-electron chi connectivity index (χ0n) is 10.7. The molecule has 3 aromatic rings. The second-order valence-corrected chi connectivity index (χ2v) is 5.93. The van der Waals surface area contributed by atoms with E-state index in [0.717, 1.165) is 17.1 Å². The summed E-state index contributed by atoms with van der Waals surface area (Å²) in [6.45, 7) is 2.01. The number of thioether (sulfide) groups is 1. The zero-order valence-corrected chi connectivity index (χ0v) is 12.3. The Morgan fingerprint density at radius 2 is 2.15 bits per heavy atom. The zero-order chi connectivity index (χ0) is 13.9. The van der Waals surface area contributed by atoms with E-state index in [1.807, 2.05) is 6.92 Å². The first-order chi connectivity index (χ1) is 9.76. The van der Waals surface area contributed by atoms with Gasteiger partial charge in [0.05, 0.1) is 5.69 Å². The largest absolute Gasteiger partial charge is 0.275 e. The molecule has 0 saturated heterocycles. The van der Waals surface area contributed by atoms with E-state index in [1.54, 1.807) is 18.5 Å². The second kappa shape index (κ2) is 5.68. The van der Waals surface area contributed by atoms with Crippen LogP contribution in [0.4, 0.5) is 0 Å². The van der Waals surface area contributed by atoms with Crippen molar-refractivity contribution in [1.82, 2.24) is 24.6 Å². The van der Waals surface area contributed by atoms with Gasteiger partial charge in [-0.3, -0.25) is 4.79 Å². The molecule has 0 aliphatic rings. The Morgan fingerprint density at radius 1 is 1.35 bits per heavy atom. The van der Waals surface area contributed by atoms with Crippen molar-refractivity contribution in [3.63, 3.8) is 0 Å². The highest BCUT2D eigenvalue weighted by atomic mass is 32.2. The normalized spacial score (nSPS) is 11.1. The summed E-state index contributed by atoms with van der Waals surface area (Å²) in [5.74, 6) is 0.565. The number of hydrogen-bond acceptors (Lipinski definition) is 7. The molecule has 0 aliphatic heterocycles. The molecule has 102 valence electrons. The van der Waals surface area contributed by atoms with Crippen LogP contribution >= 0.6 is 23.1 Å². The average Bonchev–Trinajstić information content (AvgIpc) is 2.90. The molecule has 0 aromatic carbocycles. The molecule has 0 bridgehead atoms. The number of rotatable bonds is 4. The summed E-state index contributed by atoms with van der Waals surface area (Å²) >= 11 is 2.90. The Morgan fingerprint density at radius 3 is 2.90 bits per heavy atom. The fourth-order valence-corrected chi connectivity index (χ4v) is 3.16. The van der Waals surface area contributed by atoms with Crippen LogP contribution in [-0.2, 0) is 12.2 Å². The lowest BCUT2D eigenvalue weighted by molar-refractivity contribution is 0.852. The molecule has 0 amide bonds. The van der Waals surface area contributed by atoms with Crippen LogP contribution in [0, 0.1) is 0 Å². The van der Waals surface area contributed by atoms with Gasteiger partial charge in [-0.2, -0.15) is 9.61 Å². The highest BCUT2D eigenvalue weighted by Crippen LogP contribution is 2.18. The van der Waals surface area contributed by atoms with Gasteiger partial charge in [0.2, 0.25) is 4.96 Å². The average molecular weight is 305 g/mol. The number of nitrogens with zero attached hydrogens (tertiary/aromatic N) is 5. The van der Waals surface area contributed by atoms with Gasteiger partial charge in [0, 0.05) is 24.2 Å². The van der Waals surface area contributed by atoms with Gasteiger partial charge in [0.1, 0.15) is 5.01 Å². The highest BCUT2D eigenvalue weighted by molar-refractivity contribution is 7.98. The fourth-order valence-electron chi connectivity index (χ4n) is 1.61. The van der Waals surface area contributed by atoms with Crippen LogP contribution in [0.25, 0.3) is 4.96 Å². The van der Waals surface area contributed by atoms with Crippen molar-refractivity contribution < 1.29 is 0 Å².